The Balaban J connectivity index is 2.13. The third-order valence-electron chi connectivity index (χ3n) is 5.34. The van der Waals surface area contributed by atoms with E-state index in [1.807, 2.05) is 37.3 Å². The molecule has 1 aromatic rings. The molecule has 0 spiro atoms. The molecule has 0 aliphatic carbocycles. The van der Waals surface area contributed by atoms with Crippen molar-refractivity contribution in [2.24, 2.45) is 11.8 Å². The number of urea groups is 1. The largest absolute Gasteiger partial charge is 0.481 e. The van der Waals surface area contributed by atoms with Crippen molar-refractivity contribution in [1.29, 1.82) is 0 Å². The first-order chi connectivity index (χ1) is 12.3. The van der Waals surface area contributed by atoms with Crippen LogP contribution in [-0.2, 0) is 16.0 Å². The van der Waals surface area contributed by atoms with Gasteiger partial charge in [-0.15, -0.1) is 0 Å². The smallest absolute Gasteiger partial charge is 0.327 e. The molecule has 1 aromatic carbocycles. The van der Waals surface area contributed by atoms with Crippen molar-refractivity contribution in [2.75, 3.05) is 13.1 Å². The predicted octanol–water partition coefficient (Wildman–Crippen LogP) is 3.02. The summed E-state index contributed by atoms with van der Waals surface area (Å²) in [6.45, 7) is 6.90. The van der Waals surface area contributed by atoms with Crippen LogP contribution in [-0.4, -0.2) is 51.9 Å². The van der Waals surface area contributed by atoms with E-state index in [1.54, 1.807) is 0 Å². The van der Waals surface area contributed by atoms with Gasteiger partial charge in [-0.3, -0.25) is 14.5 Å². The van der Waals surface area contributed by atoms with Gasteiger partial charge in [-0.2, -0.15) is 0 Å². The molecule has 1 aliphatic heterocycles. The van der Waals surface area contributed by atoms with Gasteiger partial charge in [0.1, 0.15) is 6.04 Å². The minimum atomic E-state index is -1.07. The van der Waals surface area contributed by atoms with Crippen LogP contribution in [0.3, 0.4) is 0 Å². The summed E-state index contributed by atoms with van der Waals surface area (Å²) < 4.78 is 0. The molecular weight excluding hydrogens is 332 g/mol. The standard InChI is InChI=1S/C20H28N2O4/c1-4-14(2)15(3)13-22-17(12-18(23)24)19(25)21(20(22)26)11-10-16-8-6-5-7-9-16/h5-9,14-15,17H,4,10-13H2,1-3H3,(H,23,24)/t14?,15?,17-/m0/s1. The van der Waals surface area contributed by atoms with Crippen LogP contribution in [0.5, 0.6) is 0 Å². The molecule has 3 atom stereocenters. The van der Waals surface area contributed by atoms with Crippen molar-refractivity contribution in [1.82, 2.24) is 9.80 Å². The molecular formula is C20H28N2O4. The number of hydrogen-bond donors (Lipinski definition) is 1. The van der Waals surface area contributed by atoms with Crippen molar-refractivity contribution >= 4 is 17.9 Å². The fourth-order valence-electron chi connectivity index (χ4n) is 3.25. The summed E-state index contributed by atoms with van der Waals surface area (Å²) in [4.78, 5) is 39.4. The van der Waals surface area contributed by atoms with Gasteiger partial charge in [0.05, 0.1) is 6.42 Å². The molecule has 0 saturated carbocycles. The Morgan fingerprint density at radius 2 is 1.81 bits per heavy atom. The lowest BCUT2D eigenvalue weighted by Gasteiger charge is -2.27. The van der Waals surface area contributed by atoms with E-state index in [-0.39, 0.29) is 24.9 Å². The second kappa shape index (κ2) is 8.83. The maximum atomic E-state index is 12.8. The lowest BCUT2D eigenvalue weighted by molar-refractivity contribution is -0.141. The van der Waals surface area contributed by atoms with Gasteiger partial charge in [-0.05, 0) is 23.8 Å². The molecule has 26 heavy (non-hydrogen) atoms. The summed E-state index contributed by atoms with van der Waals surface area (Å²) in [5, 5.41) is 9.17. The first-order valence-corrected chi connectivity index (χ1v) is 9.22. The van der Waals surface area contributed by atoms with E-state index in [9.17, 15) is 19.5 Å². The summed E-state index contributed by atoms with van der Waals surface area (Å²) in [5.41, 5.74) is 1.04. The van der Waals surface area contributed by atoms with Crippen LogP contribution < -0.4 is 0 Å². The number of benzene rings is 1. The van der Waals surface area contributed by atoms with Gasteiger partial charge in [0.2, 0.25) is 0 Å². The Morgan fingerprint density at radius 1 is 1.15 bits per heavy atom. The molecule has 6 nitrogen and oxygen atoms in total. The van der Waals surface area contributed by atoms with E-state index < -0.39 is 17.9 Å². The Morgan fingerprint density at radius 3 is 2.38 bits per heavy atom. The van der Waals surface area contributed by atoms with Gasteiger partial charge in [-0.25, -0.2) is 4.79 Å². The highest BCUT2D eigenvalue weighted by Crippen LogP contribution is 2.25. The quantitative estimate of drug-likeness (QED) is 0.687. The highest BCUT2D eigenvalue weighted by Gasteiger charge is 2.46. The Kier molecular flexibility index (Phi) is 6.77. The molecule has 0 radical (unpaired) electrons. The summed E-state index contributed by atoms with van der Waals surface area (Å²) >= 11 is 0. The number of carboxylic acids is 1. The van der Waals surface area contributed by atoms with Crippen molar-refractivity contribution < 1.29 is 19.5 Å². The van der Waals surface area contributed by atoms with Gasteiger partial charge < -0.3 is 10.0 Å². The summed E-state index contributed by atoms with van der Waals surface area (Å²) in [5.74, 6) is -0.879. The van der Waals surface area contributed by atoms with Gasteiger partial charge in [-0.1, -0.05) is 57.5 Å². The highest BCUT2D eigenvalue weighted by molar-refractivity contribution is 6.05. The van der Waals surface area contributed by atoms with Crippen molar-refractivity contribution in [3.8, 4) is 0 Å². The number of imide groups is 1. The number of amides is 3. The van der Waals surface area contributed by atoms with Crippen LogP contribution in [0.15, 0.2) is 30.3 Å². The monoisotopic (exact) mass is 360 g/mol. The van der Waals surface area contributed by atoms with E-state index in [0.717, 1.165) is 12.0 Å². The van der Waals surface area contributed by atoms with Gasteiger partial charge >= 0.3 is 12.0 Å². The second-order valence-electron chi connectivity index (χ2n) is 7.14. The van der Waals surface area contributed by atoms with Crippen molar-refractivity contribution in [3.05, 3.63) is 35.9 Å². The maximum absolute atomic E-state index is 12.8. The first kappa shape index (κ1) is 19.9. The lowest BCUT2D eigenvalue weighted by Crippen LogP contribution is -2.40. The summed E-state index contributed by atoms with van der Waals surface area (Å²) in [6.07, 6.45) is 1.19. The number of carboxylic acid groups (broad SMARTS) is 1. The highest BCUT2D eigenvalue weighted by atomic mass is 16.4. The minimum absolute atomic E-state index is 0.196. The molecule has 2 rings (SSSR count). The third kappa shape index (κ3) is 4.62. The normalized spacial score (nSPS) is 19.7. The SMILES string of the molecule is CCC(C)C(C)CN1C(=O)N(CCc2ccccc2)C(=O)[C@@H]1CC(=O)O. The van der Waals surface area contributed by atoms with E-state index >= 15 is 0 Å². The van der Waals surface area contributed by atoms with Crippen LogP contribution in [0.2, 0.25) is 0 Å². The van der Waals surface area contributed by atoms with Crippen molar-refractivity contribution in [3.63, 3.8) is 0 Å². The molecule has 1 fully saturated rings. The molecule has 0 bridgehead atoms. The van der Waals surface area contributed by atoms with Gasteiger partial charge in [0.25, 0.3) is 5.91 Å². The van der Waals surface area contributed by atoms with Gasteiger partial charge in [0, 0.05) is 13.1 Å². The third-order valence-corrected chi connectivity index (χ3v) is 5.34. The number of carbonyl (C=O) groups excluding carboxylic acids is 2. The Hall–Kier alpha value is -2.37. The molecule has 1 saturated heterocycles. The number of rotatable bonds is 9. The van der Waals surface area contributed by atoms with Gasteiger partial charge in [0.15, 0.2) is 0 Å². The summed E-state index contributed by atoms with van der Waals surface area (Å²) in [7, 11) is 0. The fourth-order valence-corrected chi connectivity index (χ4v) is 3.25. The molecule has 1 N–H and O–H groups in total. The van der Waals surface area contributed by atoms with Crippen LogP contribution in [0.25, 0.3) is 0 Å². The average Bonchev–Trinajstić information content (AvgIpc) is 2.83. The topological polar surface area (TPSA) is 77.9 Å². The number of nitrogens with zero attached hydrogens (tertiary/aromatic N) is 2. The summed E-state index contributed by atoms with van der Waals surface area (Å²) in [6, 6.07) is 8.36. The van der Waals surface area contributed by atoms with E-state index in [0.29, 0.717) is 18.9 Å². The molecule has 0 aromatic heterocycles. The molecule has 1 heterocycles. The predicted molar refractivity (Wildman–Crippen MR) is 98.6 cm³/mol. The maximum Gasteiger partial charge on any atom is 0.327 e. The fraction of sp³-hybridized carbons (Fsp3) is 0.550. The zero-order chi connectivity index (χ0) is 19.3. The average molecular weight is 360 g/mol. The molecule has 6 heteroatoms. The first-order valence-electron chi connectivity index (χ1n) is 9.22. The molecule has 2 unspecified atom stereocenters. The van der Waals surface area contributed by atoms with E-state index in [4.69, 9.17) is 0 Å². The molecule has 1 aliphatic rings. The number of carbonyl (C=O) groups is 3. The van der Waals surface area contributed by atoms with Crippen LogP contribution >= 0.6 is 0 Å². The lowest BCUT2D eigenvalue weighted by atomic mass is 9.93. The van der Waals surface area contributed by atoms with Crippen LogP contribution in [0, 0.1) is 11.8 Å². The zero-order valence-corrected chi connectivity index (χ0v) is 15.7. The molecule has 3 amide bonds. The van der Waals surface area contributed by atoms with Crippen LogP contribution in [0.1, 0.15) is 39.2 Å². The van der Waals surface area contributed by atoms with Crippen molar-refractivity contribution in [2.45, 2.75) is 46.1 Å². The van der Waals surface area contributed by atoms with Crippen LogP contribution in [0.4, 0.5) is 4.79 Å². The molecule has 142 valence electrons. The second-order valence-corrected chi connectivity index (χ2v) is 7.14. The van der Waals surface area contributed by atoms with E-state index in [2.05, 4.69) is 13.8 Å². The zero-order valence-electron chi connectivity index (χ0n) is 15.7. The number of aliphatic carboxylic acids is 1. The minimum Gasteiger partial charge on any atom is -0.481 e. The number of hydrogen-bond acceptors (Lipinski definition) is 3. The Bertz CT molecular complexity index is 646. The van der Waals surface area contributed by atoms with E-state index in [1.165, 1.54) is 9.80 Å². The Labute approximate surface area is 154 Å².